The zero-order chi connectivity index (χ0) is 37.0. The molecule has 0 radical (unpaired) electrons. The Morgan fingerprint density at radius 2 is 0.839 bits per heavy atom. The van der Waals surface area contributed by atoms with Crippen molar-refractivity contribution in [2.24, 2.45) is 0 Å². The Morgan fingerprint density at radius 3 is 1.54 bits per heavy atom. The van der Waals surface area contributed by atoms with Crippen LogP contribution in [0.1, 0.15) is 0 Å². The number of thiophene rings is 1. The van der Waals surface area contributed by atoms with Gasteiger partial charge in [-0.3, -0.25) is 0 Å². The van der Waals surface area contributed by atoms with Gasteiger partial charge in [0.1, 0.15) is 11.2 Å². The quantitative estimate of drug-likeness (QED) is 0.171. The molecule has 0 fully saturated rings. The fraction of sp³-hybridized carbons (Fsp3) is 0. The lowest BCUT2D eigenvalue weighted by molar-refractivity contribution is 0.670. The molecule has 0 bridgehead atoms. The SMILES string of the molecule is c1ccc(-c2nc(-c3ccccc3)nc(-c3ccc(-c4ccc5c(c4)oc4c(-c6ccccc6-c6cccc7c6sc6ccccc67)cccc45)cc3)n2)cc1. The van der Waals surface area contributed by atoms with Gasteiger partial charge in [0, 0.05) is 58.8 Å². The predicted molar refractivity (Wildman–Crippen MR) is 233 cm³/mol. The van der Waals surface area contributed by atoms with Gasteiger partial charge < -0.3 is 4.42 Å². The number of fused-ring (bicyclic) bond motifs is 6. The Bertz CT molecular complexity index is 3180. The molecule has 0 amide bonds. The third-order valence-corrected chi connectivity index (χ3v) is 11.8. The molecule has 0 saturated heterocycles. The van der Waals surface area contributed by atoms with E-state index in [1.165, 1.54) is 31.3 Å². The number of furan rings is 1. The number of benzene rings is 8. The second kappa shape index (κ2) is 13.3. The van der Waals surface area contributed by atoms with E-state index in [0.717, 1.165) is 60.9 Å². The highest BCUT2D eigenvalue weighted by Gasteiger charge is 2.19. The first-order chi connectivity index (χ1) is 27.7. The number of para-hydroxylation sites is 1. The first-order valence-corrected chi connectivity index (χ1v) is 19.5. The molecule has 0 aliphatic heterocycles. The first-order valence-electron chi connectivity index (χ1n) is 18.7. The molecule has 3 aromatic heterocycles. The van der Waals surface area contributed by atoms with Crippen molar-refractivity contribution in [3.05, 3.63) is 188 Å². The summed E-state index contributed by atoms with van der Waals surface area (Å²) < 4.78 is 9.41. The highest BCUT2D eigenvalue weighted by Crippen LogP contribution is 2.45. The van der Waals surface area contributed by atoms with Gasteiger partial charge in [0.05, 0.1) is 0 Å². The lowest BCUT2D eigenvalue weighted by atomic mass is 9.92. The topological polar surface area (TPSA) is 51.8 Å². The number of rotatable bonds is 6. The van der Waals surface area contributed by atoms with Crippen molar-refractivity contribution in [2.45, 2.75) is 0 Å². The summed E-state index contributed by atoms with van der Waals surface area (Å²) in [5.74, 6) is 1.93. The maximum absolute atomic E-state index is 6.81. The third kappa shape index (κ3) is 5.48. The van der Waals surface area contributed by atoms with Crippen LogP contribution in [0.25, 0.3) is 110 Å². The normalized spacial score (nSPS) is 11.6. The molecule has 0 aliphatic carbocycles. The minimum absolute atomic E-state index is 0.633. The van der Waals surface area contributed by atoms with Gasteiger partial charge in [0.15, 0.2) is 17.5 Å². The Morgan fingerprint density at radius 1 is 0.339 bits per heavy atom. The molecule has 0 aliphatic rings. The molecule has 0 saturated carbocycles. The highest BCUT2D eigenvalue weighted by atomic mass is 32.1. The summed E-state index contributed by atoms with van der Waals surface area (Å²) >= 11 is 1.86. The summed E-state index contributed by atoms with van der Waals surface area (Å²) in [5.41, 5.74) is 11.4. The van der Waals surface area contributed by atoms with Crippen LogP contribution in [0.2, 0.25) is 0 Å². The van der Waals surface area contributed by atoms with E-state index in [0.29, 0.717) is 17.5 Å². The second-order valence-electron chi connectivity index (χ2n) is 13.9. The van der Waals surface area contributed by atoms with E-state index in [9.17, 15) is 0 Å². The number of hydrogen-bond acceptors (Lipinski definition) is 5. The van der Waals surface area contributed by atoms with Crippen LogP contribution < -0.4 is 0 Å². The highest BCUT2D eigenvalue weighted by molar-refractivity contribution is 7.26. The molecule has 11 rings (SSSR count). The lowest BCUT2D eigenvalue weighted by Crippen LogP contribution is -2.00. The largest absolute Gasteiger partial charge is 0.455 e. The Kier molecular flexibility index (Phi) is 7.64. The van der Waals surface area contributed by atoms with Crippen LogP contribution in [0.4, 0.5) is 0 Å². The summed E-state index contributed by atoms with van der Waals surface area (Å²) in [6.07, 6.45) is 0. The van der Waals surface area contributed by atoms with Crippen molar-refractivity contribution < 1.29 is 4.42 Å². The molecule has 0 N–H and O–H groups in total. The standard InChI is InChI=1S/C51H31N3OS/c1-3-13-33(14-4-1)49-52-50(34-15-5-2-6-16-34)54-51(53-49)35-27-25-32(26-28-35)36-29-30-39-42-21-11-20-41(47(42)55-45(39)31-36)37-17-7-8-18-38(37)43-22-12-23-44-40-19-9-10-24-46(40)56-48(43)44/h1-31H. The Balaban J connectivity index is 0.974. The molecule has 3 heterocycles. The molecule has 0 unspecified atom stereocenters. The molecule has 5 heteroatoms. The van der Waals surface area contributed by atoms with Crippen LogP contribution in [-0.4, -0.2) is 15.0 Å². The molecular weight excluding hydrogens is 703 g/mol. The van der Waals surface area contributed by atoms with Crippen molar-refractivity contribution in [3.8, 4) is 67.5 Å². The summed E-state index contributed by atoms with van der Waals surface area (Å²) in [7, 11) is 0. The zero-order valence-corrected chi connectivity index (χ0v) is 30.9. The van der Waals surface area contributed by atoms with Crippen molar-refractivity contribution in [2.75, 3.05) is 0 Å². The summed E-state index contributed by atoms with van der Waals surface area (Å²) in [6, 6.07) is 65.6. The monoisotopic (exact) mass is 733 g/mol. The molecule has 0 atom stereocenters. The molecular formula is C51H31N3OS. The minimum Gasteiger partial charge on any atom is -0.455 e. The molecule has 11 aromatic rings. The molecule has 4 nitrogen and oxygen atoms in total. The van der Waals surface area contributed by atoms with Crippen LogP contribution >= 0.6 is 11.3 Å². The van der Waals surface area contributed by atoms with E-state index in [2.05, 4.69) is 127 Å². The van der Waals surface area contributed by atoms with Gasteiger partial charge in [0.2, 0.25) is 0 Å². The van der Waals surface area contributed by atoms with Crippen molar-refractivity contribution in [1.29, 1.82) is 0 Å². The zero-order valence-electron chi connectivity index (χ0n) is 30.1. The van der Waals surface area contributed by atoms with Crippen LogP contribution in [0.15, 0.2) is 192 Å². The molecule has 0 spiro atoms. The maximum atomic E-state index is 6.81. The van der Waals surface area contributed by atoms with Crippen molar-refractivity contribution in [1.82, 2.24) is 15.0 Å². The fourth-order valence-electron chi connectivity index (χ4n) is 7.85. The fourth-order valence-corrected chi connectivity index (χ4v) is 9.08. The Hall–Kier alpha value is -7.21. The molecule has 56 heavy (non-hydrogen) atoms. The summed E-state index contributed by atoms with van der Waals surface area (Å²) in [6.45, 7) is 0. The third-order valence-electron chi connectivity index (χ3n) is 10.6. The van der Waals surface area contributed by atoms with E-state index in [4.69, 9.17) is 19.4 Å². The maximum Gasteiger partial charge on any atom is 0.164 e. The van der Waals surface area contributed by atoms with Gasteiger partial charge >= 0.3 is 0 Å². The first kappa shape index (κ1) is 32.2. The average molecular weight is 734 g/mol. The van der Waals surface area contributed by atoms with Gasteiger partial charge in [-0.1, -0.05) is 170 Å². The van der Waals surface area contributed by atoms with Gasteiger partial charge in [-0.05, 0) is 40.5 Å². The van der Waals surface area contributed by atoms with Gasteiger partial charge in [-0.2, -0.15) is 0 Å². The van der Waals surface area contributed by atoms with E-state index >= 15 is 0 Å². The minimum atomic E-state index is 0.633. The number of hydrogen-bond donors (Lipinski definition) is 0. The van der Waals surface area contributed by atoms with E-state index < -0.39 is 0 Å². The predicted octanol–water partition coefficient (Wildman–Crippen LogP) is 14.1. The summed E-state index contributed by atoms with van der Waals surface area (Å²) in [4.78, 5) is 14.7. The van der Waals surface area contributed by atoms with E-state index in [1.807, 2.05) is 72.0 Å². The van der Waals surface area contributed by atoms with Gasteiger partial charge in [-0.25, -0.2) is 15.0 Å². The number of aromatic nitrogens is 3. The van der Waals surface area contributed by atoms with Crippen molar-refractivity contribution >= 4 is 53.4 Å². The lowest BCUT2D eigenvalue weighted by Gasteiger charge is -2.11. The number of nitrogens with zero attached hydrogens (tertiary/aromatic N) is 3. The van der Waals surface area contributed by atoms with Gasteiger partial charge in [0.25, 0.3) is 0 Å². The van der Waals surface area contributed by atoms with Crippen LogP contribution in [-0.2, 0) is 0 Å². The average Bonchev–Trinajstić information content (AvgIpc) is 3.85. The van der Waals surface area contributed by atoms with Crippen LogP contribution in [0.5, 0.6) is 0 Å². The van der Waals surface area contributed by atoms with E-state index in [-0.39, 0.29) is 0 Å². The Labute approximate surface area is 327 Å². The van der Waals surface area contributed by atoms with Crippen LogP contribution in [0, 0.1) is 0 Å². The molecule has 262 valence electrons. The summed E-state index contributed by atoms with van der Waals surface area (Å²) in [5, 5.41) is 4.80. The van der Waals surface area contributed by atoms with Gasteiger partial charge in [-0.15, -0.1) is 11.3 Å². The van der Waals surface area contributed by atoms with Crippen molar-refractivity contribution in [3.63, 3.8) is 0 Å². The smallest absolute Gasteiger partial charge is 0.164 e. The van der Waals surface area contributed by atoms with Crippen LogP contribution in [0.3, 0.4) is 0 Å². The van der Waals surface area contributed by atoms with E-state index in [1.54, 1.807) is 0 Å². The molecule has 8 aromatic carbocycles. The second-order valence-corrected chi connectivity index (χ2v) is 15.0.